The molecule has 0 fully saturated rings. The van der Waals surface area contributed by atoms with E-state index in [0.29, 0.717) is 10.8 Å². The second-order valence-electron chi connectivity index (χ2n) is 2.62. The fourth-order valence-electron chi connectivity index (χ4n) is 0.981. The fraction of sp³-hybridized carbons (Fsp3) is 0.250. The molecular formula is C8H8N2O2S. The van der Waals surface area contributed by atoms with Crippen molar-refractivity contribution < 1.29 is 9.63 Å². The van der Waals surface area contributed by atoms with Crippen LogP contribution in [0.3, 0.4) is 0 Å². The molecule has 0 bridgehead atoms. The molecule has 5 heteroatoms. The molecule has 2 heterocycles. The van der Waals surface area contributed by atoms with Gasteiger partial charge in [0.05, 0.1) is 12.3 Å². The van der Waals surface area contributed by atoms with Crippen LogP contribution in [0.2, 0.25) is 0 Å². The minimum atomic E-state index is -0.0300. The summed E-state index contributed by atoms with van der Waals surface area (Å²) in [6.07, 6.45) is 0. The number of aliphatic hydroxyl groups is 1. The van der Waals surface area contributed by atoms with E-state index in [0.717, 1.165) is 11.4 Å². The van der Waals surface area contributed by atoms with Crippen molar-refractivity contribution in [3.8, 4) is 11.5 Å². The summed E-state index contributed by atoms with van der Waals surface area (Å²) in [5, 5.41) is 15.1. The van der Waals surface area contributed by atoms with Crippen LogP contribution in [0.5, 0.6) is 0 Å². The standard InChI is InChI=1S/C8H8N2O2S/c1-5-2-7(12-10-5)6-4-13-8(3-11)9-6/h2,4,11H,3H2,1H3. The van der Waals surface area contributed by atoms with Crippen LogP contribution in [-0.2, 0) is 6.61 Å². The highest BCUT2D eigenvalue weighted by Crippen LogP contribution is 2.22. The Morgan fingerprint density at radius 3 is 3.00 bits per heavy atom. The smallest absolute Gasteiger partial charge is 0.186 e. The van der Waals surface area contributed by atoms with Gasteiger partial charge in [-0.05, 0) is 6.92 Å². The Bertz CT molecular complexity index is 408. The average Bonchev–Trinajstić information content (AvgIpc) is 2.71. The Morgan fingerprint density at radius 2 is 2.46 bits per heavy atom. The van der Waals surface area contributed by atoms with E-state index in [2.05, 4.69) is 10.1 Å². The molecular weight excluding hydrogens is 188 g/mol. The zero-order valence-corrected chi connectivity index (χ0v) is 7.84. The van der Waals surface area contributed by atoms with Crippen molar-refractivity contribution in [1.29, 1.82) is 0 Å². The minimum Gasteiger partial charge on any atom is -0.389 e. The number of hydrogen-bond acceptors (Lipinski definition) is 5. The third kappa shape index (κ3) is 1.61. The van der Waals surface area contributed by atoms with Crippen LogP contribution >= 0.6 is 11.3 Å². The van der Waals surface area contributed by atoms with Crippen LogP contribution in [-0.4, -0.2) is 15.2 Å². The van der Waals surface area contributed by atoms with Crippen molar-refractivity contribution in [3.05, 3.63) is 22.1 Å². The normalized spacial score (nSPS) is 10.6. The van der Waals surface area contributed by atoms with E-state index in [-0.39, 0.29) is 6.61 Å². The molecule has 2 aromatic heterocycles. The predicted octanol–water partition coefficient (Wildman–Crippen LogP) is 1.60. The molecule has 0 amide bonds. The van der Waals surface area contributed by atoms with Crippen molar-refractivity contribution in [3.63, 3.8) is 0 Å². The van der Waals surface area contributed by atoms with Gasteiger partial charge >= 0.3 is 0 Å². The zero-order chi connectivity index (χ0) is 9.26. The lowest BCUT2D eigenvalue weighted by molar-refractivity contribution is 0.281. The van der Waals surface area contributed by atoms with Crippen LogP contribution < -0.4 is 0 Å². The van der Waals surface area contributed by atoms with E-state index in [1.165, 1.54) is 11.3 Å². The lowest BCUT2D eigenvalue weighted by Gasteiger charge is -1.84. The summed E-state index contributed by atoms with van der Waals surface area (Å²) in [4.78, 5) is 4.15. The molecule has 0 unspecified atom stereocenters. The first-order valence-electron chi connectivity index (χ1n) is 3.78. The van der Waals surface area contributed by atoms with Gasteiger partial charge in [-0.3, -0.25) is 0 Å². The molecule has 0 aliphatic heterocycles. The monoisotopic (exact) mass is 196 g/mol. The number of rotatable bonds is 2. The highest BCUT2D eigenvalue weighted by atomic mass is 32.1. The van der Waals surface area contributed by atoms with E-state index in [4.69, 9.17) is 9.63 Å². The lowest BCUT2D eigenvalue weighted by atomic mass is 10.3. The van der Waals surface area contributed by atoms with Gasteiger partial charge in [0.15, 0.2) is 5.76 Å². The molecule has 2 rings (SSSR count). The van der Waals surface area contributed by atoms with E-state index < -0.39 is 0 Å². The molecule has 0 saturated carbocycles. The molecule has 13 heavy (non-hydrogen) atoms. The largest absolute Gasteiger partial charge is 0.389 e. The second kappa shape index (κ2) is 3.27. The lowest BCUT2D eigenvalue weighted by Crippen LogP contribution is -1.80. The summed E-state index contributed by atoms with van der Waals surface area (Å²) in [5.74, 6) is 0.647. The van der Waals surface area contributed by atoms with Gasteiger partial charge in [0.2, 0.25) is 0 Å². The van der Waals surface area contributed by atoms with Gasteiger partial charge in [0.1, 0.15) is 10.7 Å². The Hall–Kier alpha value is -1.20. The Kier molecular flexibility index (Phi) is 2.12. The first kappa shape index (κ1) is 8.40. The molecule has 0 aromatic carbocycles. The van der Waals surface area contributed by atoms with E-state index in [1.807, 2.05) is 18.4 Å². The maximum Gasteiger partial charge on any atom is 0.186 e. The third-order valence-corrected chi connectivity index (χ3v) is 2.40. The van der Waals surface area contributed by atoms with Gasteiger partial charge in [-0.15, -0.1) is 11.3 Å². The highest BCUT2D eigenvalue weighted by Gasteiger charge is 2.08. The molecule has 68 valence electrons. The number of aromatic nitrogens is 2. The summed E-state index contributed by atoms with van der Waals surface area (Å²) in [5.41, 5.74) is 1.56. The molecule has 0 atom stereocenters. The fourth-order valence-corrected chi connectivity index (χ4v) is 1.62. The molecule has 0 saturated heterocycles. The van der Waals surface area contributed by atoms with Crippen molar-refractivity contribution in [2.45, 2.75) is 13.5 Å². The number of nitrogens with zero attached hydrogens (tertiary/aromatic N) is 2. The number of hydrogen-bond donors (Lipinski definition) is 1. The topological polar surface area (TPSA) is 59.2 Å². The summed E-state index contributed by atoms with van der Waals surface area (Å²) in [6, 6.07) is 1.82. The molecule has 0 spiro atoms. The van der Waals surface area contributed by atoms with E-state index in [1.54, 1.807) is 0 Å². The second-order valence-corrected chi connectivity index (χ2v) is 3.56. The quantitative estimate of drug-likeness (QED) is 0.792. The van der Waals surface area contributed by atoms with Crippen LogP contribution in [0.4, 0.5) is 0 Å². The van der Waals surface area contributed by atoms with E-state index >= 15 is 0 Å². The average molecular weight is 196 g/mol. The maximum absolute atomic E-state index is 8.80. The maximum atomic E-state index is 8.80. The van der Waals surface area contributed by atoms with Crippen molar-refractivity contribution in [2.75, 3.05) is 0 Å². The SMILES string of the molecule is Cc1cc(-c2csc(CO)n2)on1. The highest BCUT2D eigenvalue weighted by molar-refractivity contribution is 7.09. The van der Waals surface area contributed by atoms with Crippen LogP contribution in [0.1, 0.15) is 10.7 Å². The molecule has 0 radical (unpaired) electrons. The summed E-state index contributed by atoms with van der Waals surface area (Å²) in [6.45, 7) is 1.82. The Labute approximate surface area is 78.8 Å². The van der Waals surface area contributed by atoms with Crippen LogP contribution in [0.25, 0.3) is 11.5 Å². The van der Waals surface area contributed by atoms with Gasteiger partial charge < -0.3 is 9.63 Å². The molecule has 0 aliphatic carbocycles. The zero-order valence-electron chi connectivity index (χ0n) is 7.02. The number of thiazole rings is 1. The minimum absolute atomic E-state index is 0.0300. The van der Waals surface area contributed by atoms with Crippen molar-refractivity contribution >= 4 is 11.3 Å². The van der Waals surface area contributed by atoms with Gasteiger partial charge in [-0.25, -0.2) is 4.98 Å². The van der Waals surface area contributed by atoms with Crippen molar-refractivity contribution in [2.24, 2.45) is 0 Å². The van der Waals surface area contributed by atoms with Gasteiger partial charge in [0, 0.05) is 11.4 Å². The van der Waals surface area contributed by atoms with Crippen molar-refractivity contribution in [1.82, 2.24) is 10.1 Å². The van der Waals surface area contributed by atoms with Gasteiger partial charge in [-0.2, -0.15) is 0 Å². The molecule has 1 N–H and O–H groups in total. The Balaban J connectivity index is 2.35. The molecule has 0 aliphatic rings. The summed E-state index contributed by atoms with van der Waals surface area (Å²) in [7, 11) is 0. The summed E-state index contributed by atoms with van der Waals surface area (Å²) < 4.78 is 5.02. The van der Waals surface area contributed by atoms with Crippen LogP contribution in [0, 0.1) is 6.92 Å². The summed E-state index contributed by atoms with van der Waals surface area (Å²) >= 11 is 1.40. The number of aliphatic hydroxyl groups excluding tert-OH is 1. The third-order valence-electron chi connectivity index (χ3n) is 1.57. The van der Waals surface area contributed by atoms with Gasteiger partial charge in [0.25, 0.3) is 0 Å². The predicted molar refractivity (Wildman–Crippen MR) is 48.3 cm³/mol. The molecule has 4 nitrogen and oxygen atoms in total. The van der Waals surface area contributed by atoms with E-state index in [9.17, 15) is 0 Å². The molecule has 2 aromatic rings. The van der Waals surface area contributed by atoms with Crippen LogP contribution in [0.15, 0.2) is 16.0 Å². The number of aryl methyl sites for hydroxylation is 1. The van der Waals surface area contributed by atoms with Gasteiger partial charge in [-0.1, -0.05) is 5.16 Å². The first-order valence-corrected chi connectivity index (χ1v) is 4.66. The Morgan fingerprint density at radius 1 is 1.62 bits per heavy atom. The first-order chi connectivity index (χ1) is 6.29.